The molecule has 0 radical (unpaired) electrons. The minimum absolute atomic E-state index is 0.0224. The van der Waals surface area contributed by atoms with Gasteiger partial charge in [0.2, 0.25) is 16.9 Å². The van der Waals surface area contributed by atoms with Crippen molar-refractivity contribution in [3.8, 4) is 22.8 Å². The number of hydrogen-bond acceptors (Lipinski definition) is 6. The van der Waals surface area contributed by atoms with Gasteiger partial charge in [-0.3, -0.25) is 4.79 Å². The SMILES string of the molecule is COc1ccc(-c2oc3cc(C)c(C)cc3c(=O)c2OCc2ccc(C(=O)O)o2)cc1. The highest BCUT2D eigenvalue weighted by Gasteiger charge is 2.20. The van der Waals surface area contributed by atoms with Crippen molar-refractivity contribution in [2.45, 2.75) is 20.5 Å². The Balaban J connectivity index is 1.83. The third-order valence-corrected chi connectivity index (χ3v) is 5.05. The van der Waals surface area contributed by atoms with Gasteiger partial charge in [0.25, 0.3) is 0 Å². The van der Waals surface area contributed by atoms with Gasteiger partial charge in [-0.25, -0.2) is 4.79 Å². The molecule has 0 saturated heterocycles. The van der Waals surface area contributed by atoms with Crippen LogP contribution in [0.25, 0.3) is 22.3 Å². The molecule has 7 heteroatoms. The summed E-state index contributed by atoms with van der Waals surface area (Å²) >= 11 is 0. The Bertz CT molecular complexity index is 1330. The Morgan fingerprint density at radius 2 is 1.71 bits per heavy atom. The third kappa shape index (κ3) is 3.90. The molecule has 0 spiro atoms. The van der Waals surface area contributed by atoms with Gasteiger partial charge in [-0.2, -0.15) is 0 Å². The van der Waals surface area contributed by atoms with E-state index in [0.29, 0.717) is 22.3 Å². The summed E-state index contributed by atoms with van der Waals surface area (Å²) in [6.45, 7) is 3.74. The van der Waals surface area contributed by atoms with Crippen LogP contribution in [0.4, 0.5) is 0 Å². The van der Waals surface area contributed by atoms with Crippen LogP contribution in [0.5, 0.6) is 11.5 Å². The molecular weight excluding hydrogens is 400 g/mol. The Morgan fingerprint density at radius 3 is 2.35 bits per heavy atom. The van der Waals surface area contributed by atoms with Gasteiger partial charge in [0, 0.05) is 5.56 Å². The monoisotopic (exact) mass is 420 g/mol. The summed E-state index contributed by atoms with van der Waals surface area (Å²) in [6, 6.07) is 13.5. The van der Waals surface area contributed by atoms with Crippen molar-refractivity contribution < 1.29 is 28.2 Å². The predicted molar refractivity (Wildman–Crippen MR) is 114 cm³/mol. The molecule has 2 aromatic carbocycles. The average molecular weight is 420 g/mol. The van der Waals surface area contributed by atoms with Crippen molar-refractivity contribution >= 4 is 16.9 Å². The van der Waals surface area contributed by atoms with Gasteiger partial charge in [0.15, 0.2) is 5.76 Å². The first-order valence-corrected chi connectivity index (χ1v) is 9.54. The summed E-state index contributed by atoms with van der Waals surface area (Å²) in [4.78, 5) is 24.3. The molecular formula is C24H20O7. The maximum absolute atomic E-state index is 13.3. The number of furan rings is 1. The van der Waals surface area contributed by atoms with E-state index in [4.69, 9.17) is 23.4 Å². The number of hydrogen-bond donors (Lipinski definition) is 1. The van der Waals surface area contributed by atoms with Crippen molar-refractivity contribution in [3.05, 3.63) is 81.4 Å². The van der Waals surface area contributed by atoms with Crippen LogP contribution in [0.15, 0.2) is 62.2 Å². The van der Waals surface area contributed by atoms with E-state index < -0.39 is 5.97 Å². The first-order valence-electron chi connectivity index (χ1n) is 9.54. The number of carbonyl (C=O) groups is 1. The highest BCUT2D eigenvalue weighted by Crippen LogP contribution is 2.33. The summed E-state index contributed by atoms with van der Waals surface area (Å²) in [7, 11) is 1.57. The number of rotatable bonds is 6. The van der Waals surface area contributed by atoms with Crippen LogP contribution in [-0.2, 0) is 6.61 Å². The quantitative estimate of drug-likeness (QED) is 0.471. The van der Waals surface area contributed by atoms with Crippen LogP contribution in [0.1, 0.15) is 27.4 Å². The molecule has 7 nitrogen and oxygen atoms in total. The van der Waals surface area contributed by atoms with Gasteiger partial charge < -0.3 is 23.4 Å². The van der Waals surface area contributed by atoms with E-state index in [1.165, 1.54) is 12.1 Å². The van der Waals surface area contributed by atoms with Crippen molar-refractivity contribution in [2.75, 3.05) is 7.11 Å². The summed E-state index contributed by atoms with van der Waals surface area (Å²) in [5, 5.41) is 9.42. The number of carboxylic acid groups (broad SMARTS) is 1. The summed E-state index contributed by atoms with van der Waals surface area (Å²) in [5.41, 5.74) is 2.73. The number of aromatic carboxylic acids is 1. The van der Waals surface area contributed by atoms with Crippen LogP contribution >= 0.6 is 0 Å². The van der Waals surface area contributed by atoms with Gasteiger partial charge in [0.05, 0.1) is 12.5 Å². The molecule has 2 heterocycles. The average Bonchev–Trinajstić information content (AvgIpc) is 3.24. The lowest BCUT2D eigenvalue weighted by molar-refractivity contribution is 0.0658. The molecule has 0 atom stereocenters. The summed E-state index contributed by atoms with van der Waals surface area (Å²) < 4.78 is 22.4. The minimum Gasteiger partial charge on any atom is -0.497 e. The van der Waals surface area contributed by atoms with Crippen LogP contribution in [0.2, 0.25) is 0 Å². The second-order valence-electron chi connectivity index (χ2n) is 7.11. The second-order valence-corrected chi connectivity index (χ2v) is 7.11. The van der Waals surface area contributed by atoms with Gasteiger partial charge in [-0.1, -0.05) is 0 Å². The molecule has 0 bridgehead atoms. The Kier molecular flexibility index (Phi) is 5.25. The molecule has 0 amide bonds. The highest BCUT2D eigenvalue weighted by atomic mass is 16.5. The number of carboxylic acids is 1. The largest absolute Gasteiger partial charge is 0.497 e. The molecule has 31 heavy (non-hydrogen) atoms. The molecule has 0 saturated carbocycles. The maximum Gasteiger partial charge on any atom is 0.371 e. The summed E-state index contributed by atoms with van der Waals surface area (Å²) in [6.07, 6.45) is 0. The van der Waals surface area contributed by atoms with Crippen molar-refractivity contribution in [1.82, 2.24) is 0 Å². The molecule has 0 aliphatic heterocycles. The molecule has 4 aromatic rings. The van der Waals surface area contributed by atoms with Gasteiger partial charge in [0.1, 0.15) is 23.7 Å². The van der Waals surface area contributed by atoms with E-state index >= 15 is 0 Å². The van der Waals surface area contributed by atoms with Crippen LogP contribution < -0.4 is 14.9 Å². The zero-order valence-electron chi connectivity index (χ0n) is 17.2. The van der Waals surface area contributed by atoms with Gasteiger partial charge >= 0.3 is 5.97 Å². The zero-order chi connectivity index (χ0) is 22.1. The second kappa shape index (κ2) is 8.02. The number of fused-ring (bicyclic) bond motifs is 1. The van der Waals surface area contributed by atoms with Crippen molar-refractivity contribution in [1.29, 1.82) is 0 Å². The lowest BCUT2D eigenvalue weighted by Crippen LogP contribution is -2.10. The third-order valence-electron chi connectivity index (χ3n) is 5.05. The standard InChI is InChI=1S/C24H20O7/c1-13-10-18-20(11-14(13)2)31-22(15-4-6-16(28-3)7-5-15)23(21(18)25)29-12-17-8-9-19(30-17)24(26)27/h4-11H,12H2,1-3H3,(H,26,27). The molecule has 4 rings (SSSR count). The normalized spacial score (nSPS) is 10.9. The highest BCUT2D eigenvalue weighted by molar-refractivity contribution is 5.84. The minimum atomic E-state index is -1.18. The number of benzene rings is 2. The van der Waals surface area contributed by atoms with Crippen LogP contribution in [-0.4, -0.2) is 18.2 Å². The fourth-order valence-electron chi connectivity index (χ4n) is 3.21. The van der Waals surface area contributed by atoms with Crippen LogP contribution in [0.3, 0.4) is 0 Å². The number of aryl methyl sites for hydroxylation is 2. The maximum atomic E-state index is 13.3. The van der Waals surface area contributed by atoms with E-state index in [2.05, 4.69) is 0 Å². The molecule has 0 aliphatic carbocycles. The van der Waals surface area contributed by atoms with Crippen molar-refractivity contribution in [2.24, 2.45) is 0 Å². The molecule has 0 aliphatic rings. The smallest absolute Gasteiger partial charge is 0.371 e. The molecule has 1 N–H and O–H groups in total. The van der Waals surface area contributed by atoms with Crippen LogP contribution in [0, 0.1) is 13.8 Å². The first-order chi connectivity index (χ1) is 14.9. The van der Waals surface area contributed by atoms with E-state index in [1.54, 1.807) is 37.4 Å². The molecule has 2 aromatic heterocycles. The van der Waals surface area contributed by atoms with Gasteiger partial charge in [-0.05, 0) is 73.5 Å². The summed E-state index contributed by atoms with van der Waals surface area (Å²) in [5.74, 6) is -0.148. The number of methoxy groups -OCH3 is 1. The molecule has 0 unspecified atom stereocenters. The zero-order valence-corrected chi connectivity index (χ0v) is 17.2. The lowest BCUT2D eigenvalue weighted by Gasteiger charge is -2.12. The lowest BCUT2D eigenvalue weighted by atomic mass is 10.0. The van der Waals surface area contributed by atoms with Gasteiger partial charge in [-0.15, -0.1) is 0 Å². The van der Waals surface area contributed by atoms with Crippen molar-refractivity contribution in [3.63, 3.8) is 0 Å². The Morgan fingerprint density at radius 1 is 1.00 bits per heavy atom. The topological polar surface area (TPSA) is 99.1 Å². The fourth-order valence-corrected chi connectivity index (χ4v) is 3.21. The fraction of sp³-hybridized carbons (Fsp3) is 0.167. The predicted octanol–water partition coefficient (Wildman–Crippen LogP) is 4.96. The Hall–Kier alpha value is -4.00. The van der Waals surface area contributed by atoms with E-state index in [-0.39, 0.29) is 35.1 Å². The van der Waals surface area contributed by atoms with E-state index in [1.807, 2.05) is 19.9 Å². The number of ether oxygens (including phenoxy) is 2. The molecule has 158 valence electrons. The van der Waals surface area contributed by atoms with E-state index in [9.17, 15) is 9.59 Å². The molecule has 0 fully saturated rings. The van der Waals surface area contributed by atoms with E-state index in [0.717, 1.165) is 11.1 Å². The first kappa shape index (κ1) is 20.3. The Labute approximate surface area is 177 Å².